The Morgan fingerprint density at radius 3 is 2.41 bits per heavy atom. The Hall–Kier alpha value is -0.760. The third-order valence-corrected chi connectivity index (χ3v) is 5.24. The molecule has 1 aliphatic carbocycles. The van der Waals surface area contributed by atoms with Crippen LogP contribution in [0, 0.1) is 16.7 Å². The van der Waals surface area contributed by atoms with Gasteiger partial charge in [-0.2, -0.15) is 0 Å². The molecule has 0 atom stereocenters. The third kappa shape index (κ3) is 2.03. The number of nitrogens with one attached hydrogen (secondary N) is 1. The second kappa shape index (κ2) is 4.16. The van der Waals surface area contributed by atoms with Gasteiger partial charge >= 0.3 is 0 Å². The van der Waals surface area contributed by atoms with E-state index in [1.165, 1.54) is 5.69 Å². The first-order valence-electron chi connectivity index (χ1n) is 6.76. The lowest BCUT2D eigenvalue weighted by molar-refractivity contribution is 0.457. The molecule has 1 saturated carbocycles. The first-order valence-corrected chi connectivity index (χ1v) is 6.76. The zero-order chi connectivity index (χ0) is 12.7. The summed E-state index contributed by atoms with van der Waals surface area (Å²) in [6.45, 7) is 14.9. The molecule has 1 heterocycles. The molecule has 0 saturated heterocycles. The first-order chi connectivity index (χ1) is 7.91. The molecule has 2 rings (SSSR count). The minimum absolute atomic E-state index is 0.493. The van der Waals surface area contributed by atoms with Crippen LogP contribution in [-0.2, 0) is 13.1 Å². The van der Waals surface area contributed by atoms with Crippen LogP contribution in [0.25, 0.3) is 0 Å². The third-order valence-electron chi connectivity index (χ3n) is 5.24. The molecule has 1 N–H and O–H groups in total. The minimum Gasteiger partial charge on any atom is -0.351 e. The molecule has 0 bridgehead atoms. The molecule has 0 unspecified atom stereocenters. The molecule has 2 nitrogen and oxygen atoms in total. The highest BCUT2D eigenvalue weighted by Crippen LogP contribution is 2.67. The summed E-state index contributed by atoms with van der Waals surface area (Å²) in [6.07, 6.45) is 2.15. The van der Waals surface area contributed by atoms with Gasteiger partial charge in [-0.25, -0.2) is 0 Å². The lowest BCUT2D eigenvalue weighted by atomic mass is 10.0. The van der Waals surface area contributed by atoms with Gasteiger partial charge in [-0.1, -0.05) is 27.7 Å². The summed E-state index contributed by atoms with van der Waals surface area (Å²) < 4.78 is 2.30. The van der Waals surface area contributed by atoms with Crippen molar-refractivity contribution < 1.29 is 0 Å². The van der Waals surface area contributed by atoms with Crippen molar-refractivity contribution >= 4 is 0 Å². The molecule has 0 radical (unpaired) electrons. The van der Waals surface area contributed by atoms with Crippen molar-refractivity contribution in [1.29, 1.82) is 0 Å². The minimum atomic E-state index is 0.493. The van der Waals surface area contributed by atoms with Gasteiger partial charge in [-0.15, -0.1) is 0 Å². The predicted molar refractivity (Wildman–Crippen MR) is 72.9 cm³/mol. The van der Waals surface area contributed by atoms with Crippen molar-refractivity contribution in [1.82, 2.24) is 9.88 Å². The van der Waals surface area contributed by atoms with Crippen LogP contribution in [0.2, 0.25) is 0 Å². The van der Waals surface area contributed by atoms with Gasteiger partial charge in [0.05, 0.1) is 0 Å². The number of aryl methyl sites for hydroxylation is 1. The second-order valence-electron chi connectivity index (χ2n) is 6.41. The van der Waals surface area contributed by atoms with E-state index in [9.17, 15) is 0 Å². The van der Waals surface area contributed by atoms with Crippen molar-refractivity contribution in [3.8, 4) is 0 Å². The normalized spacial score (nSPS) is 21.7. The lowest BCUT2D eigenvalue weighted by Gasteiger charge is -2.09. The Bertz CT molecular complexity index is 373. The molecule has 0 aromatic carbocycles. The van der Waals surface area contributed by atoms with Gasteiger partial charge in [0.2, 0.25) is 0 Å². The molecular weight excluding hydrogens is 208 g/mol. The molecule has 0 amide bonds. The second-order valence-corrected chi connectivity index (χ2v) is 6.41. The van der Waals surface area contributed by atoms with E-state index in [4.69, 9.17) is 0 Å². The van der Waals surface area contributed by atoms with E-state index >= 15 is 0 Å². The highest BCUT2D eigenvalue weighted by atomic mass is 15.0. The fraction of sp³-hybridized carbons (Fsp3) is 0.733. The van der Waals surface area contributed by atoms with E-state index in [0.717, 1.165) is 25.6 Å². The van der Waals surface area contributed by atoms with E-state index in [-0.39, 0.29) is 0 Å². The topological polar surface area (TPSA) is 17.0 Å². The summed E-state index contributed by atoms with van der Waals surface area (Å²) in [7, 11) is 0. The van der Waals surface area contributed by atoms with E-state index in [0.29, 0.717) is 10.8 Å². The Kier molecular flexibility index (Phi) is 3.11. The van der Waals surface area contributed by atoms with Gasteiger partial charge in [-0.05, 0) is 42.3 Å². The molecular formula is C15H26N2. The average molecular weight is 234 g/mol. The number of hydrogen-bond acceptors (Lipinski definition) is 1. The van der Waals surface area contributed by atoms with Crippen LogP contribution in [0.1, 0.15) is 40.3 Å². The first kappa shape index (κ1) is 12.7. The summed E-state index contributed by atoms with van der Waals surface area (Å²) in [6, 6.07) is 4.34. The number of nitrogens with zero attached hydrogens (tertiary/aromatic N) is 1. The van der Waals surface area contributed by atoms with Crippen molar-refractivity contribution in [3.05, 3.63) is 24.0 Å². The SMILES string of the molecule is CCn1cccc1CNCC1C(C)(C)C1(C)C. The Labute approximate surface area is 105 Å². The number of aromatic nitrogens is 1. The summed E-state index contributed by atoms with van der Waals surface area (Å²) in [5.41, 5.74) is 2.38. The summed E-state index contributed by atoms with van der Waals surface area (Å²) >= 11 is 0. The number of hydrogen-bond donors (Lipinski definition) is 1. The Morgan fingerprint density at radius 1 is 1.24 bits per heavy atom. The van der Waals surface area contributed by atoms with Crippen LogP contribution in [0.3, 0.4) is 0 Å². The molecule has 1 aromatic heterocycles. The van der Waals surface area contributed by atoms with Crippen LogP contribution in [-0.4, -0.2) is 11.1 Å². The average Bonchev–Trinajstić information content (AvgIpc) is 2.64. The van der Waals surface area contributed by atoms with Crippen molar-refractivity contribution in [2.75, 3.05) is 6.54 Å². The van der Waals surface area contributed by atoms with Crippen LogP contribution < -0.4 is 5.32 Å². The maximum Gasteiger partial charge on any atom is 0.0359 e. The summed E-state index contributed by atoms with van der Waals surface area (Å²) in [5, 5.41) is 3.61. The Morgan fingerprint density at radius 2 is 1.88 bits per heavy atom. The summed E-state index contributed by atoms with van der Waals surface area (Å²) in [5.74, 6) is 0.806. The van der Waals surface area contributed by atoms with Gasteiger partial charge in [0, 0.05) is 25.0 Å². The summed E-state index contributed by atoms with van der Waals surface area (Å²) in [4.78, 5) is 0. The fourth-order valence-electron chi connectivity index (χ4n) is 3.11. The maximum absolute atomic E-state index is 3.61. The van der Waals surface area contributed by atoms with E-state index in [2.05, 4.69) is 62.8 Å². The van der Waals surface area contributed by atoms with Crippen LogP contribution in [0.5, 0.6) is 0 Å². The van der Waals surface area contributed by atoms with Crippen molar-refractivity contribution in [3.63, 3.8) is 0 Å². The molecule has 17 heavy (non-hydrogen) atoms. The van der Waals surface area contributed by atoms with Gasteiger partial charge in [-0.3, -0.25) is 0 Å². The fourth-order valence-corrected chi connectivity index (χ4v) is 3.11. The highest BCUT2D eigenvalue weighted by molar-refractivity contribution is 5.13. The molecule has 96 valence electrons. The molecule has 0 spiro atoms. The van der Waals surface area contributed by atoms with Crippen LogP contribution >= 0.6 is 0 Å². The monoisotopic (exact) mass is 234 g/mol. The Balaban J connectivity index is 1.82. The zero-order valence-corrected chi connectivity index (χ0v) is 11.9. The quantitative estimate of drug-likeness (QED) is 0.827. The van der Waals surface area contributed by atoms with Gasteiger partial charge in [0.1, 0.15) is 0 Å². The molecule has 1 aliphatic rings. The van der Waals surface area contributed by atoms with Crippen molar-refractivity contribution in [2.24, 2.45) is 16.7 Å². The van der Waals surface area contributed by atoms with Gasteiger partial charge in [0.15, 0.2) is 0 Å². The highest BCUT2D eigenvalue weighted by Gasteiger charge is 2.63. The van der Waals surface area contributed by atoms with Crippen molar-refractivity contribution in [2.45, 2.75) is 47.7 Å². The largest absolute Gasteiger partial charge is 0.351 e. The standard InChI is InChI=1S/C15H26N2/c1-6-17-9-7-8-12(17)10-16-11-13-14(2,3)15(13,4)5/h7-9,13,16H,6,10-11H2,1-5H3. The van der Waals surface area contributed by atoms with Crippen LogP contribution in [0.4, 0.5) is 0 Å². The molecule has 1 fully saturated rings. The predicted octanol–water partition coefficient (Wildman–Crippen LogP) is 3.28. The number of rotatable bonds is 5. The zero-order valence-electron chi connectivity index (χ0n) is 11.9. The van der Waals surface area contributed by atoms with Crippen LogP contribution in [0.15, 0.2) is 18.3 Å². The molecule has 2 heteroatoms. The van der Waals surface area contributed by atoms with Gasteiger partial charge < -0.3 is 9.88 Å². The van der Waals surface area contributed by atoms with E-state index in [1.54, 1.807) is 0 Å². The van der Waals surface area contributed by atoms with Gasteiger partial charge in [0.25, 0.3) is 0 Å². The lowest BCUT2D eigenvalue weighted by Crippen LogP contribution is -2.20. The molecule has 1 aromatic rings. The maximum atomic E-state index is 3.61. The smallest absolute Gasteiger partial charge is 0.0359 e. The van der Waals surface area contributed by atoms with E-state index in [1.807, 2.05) is 0 Å². The molecule has 0 aliphatic heterocycles. The van der Waals surface area contributed by atoms with E-state index < -0.39 is 0 Å².